The number of aromatic nitrogens is 1. The number of anilines is 2. The second-order valence-corrected chi connectivity index (χ2v) is 4.62. The summed E-state index contributed by atoms with van der Waals surface area (Å²) in [4.78, 5) is 4.19. The fourth-order valence-corrected chi connectivity index (χ4v) is 2.03. The van der Waals surface area contributed by atoms with Crippen LogP contribution in [0.3, 0.4) is 0 Å². The van der Waals surface area contributed by atoms with Gasteiger partial charge in [-0.15, -0.1) is 0 Å². The van der Waals surface area contributed by atoms with Crippen molar-refractivity contribution >= 4 is 27.4 Å². The van der Waals surface area contributed by atoms with Gasteiger partial charge in [-0.3, -0.25) is 0 Å². The molecule has 0 saturated heterocycles. The summed E-state index contributed by atoms with van der Waals surface area (Å²) in [7, 11) is 0. The zero-order chi connectivity index (χ0) is 13.0. The van der Waals surface area contributed by atoms with E-state index in [4.69, 9.17) is 11.0 Å². The highest BCUT2D eigenvalue weighted by Gasteiger charge is 2.02. The lowest BCUT2D eigenvalue weighted by Crippen LogP contribution is -2.02. The first-order valence-corrected chi connectivity index (χ1v) is 6.12. The van der Waals surface area contributed by atoms with E-state index in [0.29, 0.717) is 17.8 Å². The molecular formula is C13H11BrN4. The highest BCUT2D eigenvalue weighted by atomic mass is 79.9. The van der Waals surface area contributed by atoms with Crippen molar-refractivity contribution in [3.05, 3.63) is 52.1 Å². The Bertz CT molecular complexity index is 604. The largest absolute Gasteiger partial charge is 0.397 e. The van der Waals surface area contributed by atoms with Crippen LogP contribution in [0.5, 0.6) is 0 Å². The summed E-state index contributed by atoms with van der Waals surface area (Å²) >= 11 is 3.39. The van der Waals surface area contributed by atoms with Crippen LogP contribution >= 0.6 is 15.9 Å². The maximum atomic E-state index is 8.82. The van der Waals surface area contributed by atoms with E-state index in [1.165, 1.54) is 0 Å². The molecule has 2 rings (SSSR count). The molecule has 0 atom stereocenters. The Hall–Kier alpha value is -2.06. The van der Waals surface area contributed by atoms with Crippen LogP contribution in [0.2, 0.25) is 0 Å². The van der Waals surface area contributed by atoms with Gasteiger partial charge in [0.25, 0.3) is 0 Å². The van der Waals surface area contributed by atoms with Crippen molar-refractivity contribution in [1.82, 2.24) is 4.98 Å². The van der Waals surface area contributed by atoms with Gasteiger partial charge in [-0.05, 0) is 39.7 Å². The van der Waals surface area contributed by atoms with Crippen molar-refractivity contribution in [2.24, 2.45) is 0 Å². The molecular weight excluding hydrogens is 292 g/mol. The van der Waals surface area contributed by atoms with Gasteiger partial charge in [0.2, 0.25) is 0 Å². The van der Waals surface area contributed by atoms with Gasteiger partial charge in [-0.2, -0.15) is 5.26 Å². The predicted molar refractivity (Wildman–Crippen MR) is 74.8 cm³/mol. The second kappa shape index (κ2) is 5.52. The summed E-state index contributed by atoms with van der Waals surface area (Å²) in [6, 6.07) is 11.4. The monoisotopic (exact) mass is 302 g/mol. The number of hydrogen-bond acceptors (Lipinski definition) is 4. The summed E-state index contributed by atoms with van der Waals surface area (Å²) < 4.78 is 0.818. The van der Waals surface area contributed by atoms with Gasteiger partial charge in [0.15, 0.2) is 0 Å². The molecule has 1 aromatic heterocycles. The van der Waals surface area contributed by atoms with Gasteiger partial charge in [-0.1, -0.05) is 12.1 Å². The van der Waals surface area contributed by atoms with Crippen LogP contribution in [-0.2, 0) is 6.54 Å². The average molecular weight is 303 g/mol. The number of benzene rings is 1. The molecule has 3 N–H and O–H groups in total. The van der Waals surface area contributed by atoms with Gasteiger partial charge in [-0.25, -0.2) is 4.98 Å². The Morgan fingerprint density at radius 2 is 2.22 bits per heavy atom. The van der Waals surface area contributed by atoms with Gasteiger partial charge in [0.05, 0.1) is 28.0 Å². The Balaban J connectivity index is 2.09. The van der Waals surface area contributed by atoms with E-state index in [1.807, 2.05) is 18.2 Å². The number of nitrogens with two attached hydrogens (primary N) is 1. The average Bonchev–Trinajstić information content (AvgIpc) is 2.38. The summed E-state index contributed by atoms with van der Waals surface area (Å²) in [5.41, 5.74) is 7.91. The van der Waals surface area contributed by atoms with Crippen LogP contribution in [0.4, 0.5) is 11.5 Å². The van der Waals surface area contributed by atoms with E-state index in [2.05, 4.69) is 32.3 Å². The van der Waals surface area contributed by atoms with Gasteiger partial charge in [0.1, 0.15) is 5.82 Å². The predicted octanol–water partition coefficient (Wildman–Crippen LogP) is 2.91. The van der Waals surface area contributed by atoms with Crippen LogP contribution < -0.4 is 11.1 Å². The van der Waals surface area contributed by atoms with Crippen molar-refractivity contribution in [1.29, 1.82) is 5.26 Å². The number of hydrogen-bond donors (Lipinski definition) is 2. The molecule has 0 radical (unpaired) electrons. The van der Waals surface area contributed by atoms with Gasteiger partial charge in [0, 0.05) is 6.54 Å². The molecule has 0 unspecified atom stereocenters. The highest BCUT2D eigenvalue weighted by Crippen LogP contribution is 2.22. The van der Waals surface area contributed by atoms with E-state index in [9.17, 15) is 0 Å². The summed E-state index contributed by atoms with van der Waals surface area (Å²) in [5, 5.41) is 12.0. The Morgan fingerprint density at radius 3 is 2.94 bits per heavy atom. The summed E-state index contributed by atoms with van der Waals surface area (Å²) in [6.45, 7) is 0.602. The molecule has 1 aromatic carbocycles. The Morgan fingerprint density at radius 1 is 1.39 bits per heavy atom. The third kappa shape index (κ3) is 2.99. The quantitative estimate of drug-likeness (QED) is 0.914. The first-order valence-electron chi connectivity index (χ1n) is 5.33. The molecule has 0 aliphatic heterocycles. The minimum atomic E-state index is 0.602. The first kappa shape index (κ1) is 12.4. The van der Waals surface area contributed by atoms with E-state index < -0.39 is 0 Å². The number of pyridine rings is 1. The lowest BCUT2D eigenvalue weighted by molar-refractivity contribution is 1.10. The number of rotatable bonds is 3. The molecule has 1 heterocycles. The zero-order valence-electron chi connectivity index (χ0n) is 9.52. The van der Waals surface area contributed by atoms with E-state index >= 15 is 0 Å². The van der Waals surface area contributed by atoms with Crippen LogP contribution in [0.1, 0.15) is 11.1 Å². The standard InChI is InChI=1S/C13H11BrN4/c14-12-5-11(16)8-18-13(12)17-7-10-3-1-2-9(4-10)6-15/h1-5,8H,7,16H2,(H,17,18). The number of halogens is 1. The summed E-state index contributed by atoms with van der Waals surface area (Å²) in [6.07, 6.45) is 1.60. The fourth-order valence-electron chi connectivity index (χ4n) is 1.52. The van der Waals surface area contributed by atoms with Crippen LogP contribution in [0, 0.1) is 11.3 Å². The molecule has 90 valence electrons. The molecule has 0 spiro atoms. The molecule has 5 heteroatoms. The van der Waals surface area contributed by atoms with E-state index in [-0.39, 0.29) is 0 Å². The first-order chi connectivity index (χ1) is 8.69. The molecule has 4 nitrogen and oxygen atoms in total. The third-order valence-electron chi connectivity index (χ3n) is 2.38. The van der Waals surface area contributed by atoms with E-state index in [0.717, 1.165) is 15.9 Å². The van der Waals surface area contributed by atoms with Crippen molar-refractivity contribution < 1.29 is 0 Å². The summed E-state index contributed by atoms with van der Waals surface area (Å²) in [5.74, 6) is 0.728. The highest BCUT2D eigenvalue weighted by molar-refractivity contribution is 9.10. The van der Waals surface area contributed by atoms with Gasteiger partial charge < -0.3 is 11.1 Å². The van der Waals surface area contributed by atoms with Crippen LogP contribution in [-0.4, -0.2) is 4.98 Å². The number of nitrogen functional groups attached to an aromatic ring is 1. The molecule has 0 saturated carbocycles. The van der Waals surface area contributed by atoms with Crippen LogP contribution in [0.15, 0.2) is 41.0 Å². The number of nitriles is 1. The molecule has 0 aliphatic rings. The number of nitrogens with one attached hydrogen (secondary N) is 1. The van der Waals surface area contributed by atoms with E-state index in [1.54, 1.807) is 18.3 Å². The van der Waals surface area contributed by atoms with Crippen molar-refractivity contribution in [2.45, 2.75) is 6.54 Å². The number of nitrogens with zero attached hydrogens (tertiary/aromatic N) is 2. The molecule has 0 amide bonds. The fraction of sp³-hybridized carbons (Fsp3) is 0.0769. The Labute approximate surface area is 114 Å². The molecule has 0 aliphatic carbocycles. The molecule has 18 heavy (non-hydrogen) atoms. The topological polar surface area (TPSA) is 74.7 Å². The lowest BCUT2D eigenvalue weighted by atomic mass is 10.1. The van der Waals surface area contributed by atoms with Crippen molar-refractivity contribution in [3.8, 4) is 6.07 Å². The van der Waals surface area contributed by atoms with Crippen molar-refractivity contribution in [2.75, 3.05) is 11.1 Å². The van der Waals surface area contributed by atoms with Crippen molar-refractivity contribution in [3.63, 3.8) is 0 Å². The third-order valence-corrected chi connectivity index (χ3v) is 2.98. The van der Waals surface area contributed by atoms with Crippen LogP contribution in [0.25, 0.3) is 0 Å². The maximum Gasteiger partial charge on any atom is 0.140 e. The lowest BCUT2D eigenvalue weighted by Gasteiger charge is -2.08. The molecule has 0 fully saturated rings. The van der Waals surface area contributed by atoms with Gasteiger partial charge >= 0.3 is 0 Å². The smallest absolute Gasteiger partial charge is 0.140 e. The minimum Gasteiger partial charge on any atom is -0.397 e. The second-order valence-electron chi connectivity index (χ2n) is 3.76. The normalized spacial score (nSPS) is 9.78. The minimum absolute atomic E-state index is 0.602. The SMILES string of the molecule is N#Cc1cccc(CNc2ncc(N)cc2Br)c1. The zero-order valence-corrected chi connectivity index (χ0v) is 11.1. The molecule has 0 bridgehead atoms. The molecule has 2 aromatic rings. The Kier molecular flexibility index (Phi) is 3.80. The maximum absolute atomic E-state index is 8.82.